The topological polar surface area (TPSA) is 45.7 Å². The first-order valence-corrected chi connectivity index (χ1v) is 11.2. The fraction of sp³-hybridized carbons (Fsp3) is 0.520. The Morgan fingerprint density at radius 1 is 1.10 bits per heavy atom. The summed E-state index contributed by atoms with van der Waals surface area (Å²) in [6.45, 7) is 7.76. The van der Waals surface area contributed by atoms with E-state index in [4.69, 9.17) is 9.72 Å². The molecule has 30 heavy (non-hydrogen) atoms. The van der Waals surface area contributed by atoms with Crippen molar-refractivity contribution in [3.63, 3.8) is 0 Å². The fourth-order valence-electron chi connectivity index (χ4n) is 4.19. The number of aromatic nitrogens is 1. The first-order chi connectivity index (χ1) is 14.4. The maximum atomic E-state index is 12.7. The van der Waals surface area contributed by atoms with Crippen LogP contribution >= 0.6 is 0 Å². The monoisotopic (exact) mass is 407 g/mol. The molecule has 5 heteroatoms. The summed E-state index contributed by atoms with van der Waals surface area (Å²) < 4.78 is 5.62. The summed E-state index contributed by atoms with van der Waals surface area (Å²) in [4.78, 5) is 21.7. The molecular weight excluding hydrogens is 374 g/mol. The van der Waals surface area contributed by atoms with Gasteiger partial charge in [0, 0.05) is 24.8 Å². The van der Waals surface area contributed by atoms with Gasteiger partial charge in [0.05, 0.1) is 0 Å². The predicted octanol–water partition coefficient (Wildman–Crippen LogP) is 5.71. The van der Waals surface area contributed by atoms with Crippen molar-refractivity contribution in [2.45, 2.75) is 77.1 Å². The Hall–Kier alpha value is -2.40. The van der Waals surface area contributed by atoms with Gasteiger partial charge in [-0.25, -0.2) is 9.78 Å². The zero-order chi connectivity index (χ0) is 21.1. The van der Waals surface area contributed by atoms with Gasteiger partial charge in [0.1, 0.15) is 11.4 Å². The van der Waals surface area contributed by atoms with Crippen LogP contribution in [0.15, 0.2) is 48.7 Å². The summed E-state index contributed by atoms with van der Waals surface area (Å²) >= 11 is 0. The minimum Gasteiger partial charge on any atom is -0.443 e. The van der Waals surface area contributed by atoms with E-state index in [1.54, 1.807) is 4.90 Å². The first kappa shape index (κ1) is 20.9. The summed E-state index contributed by atoms with van der Waals surface area (Å²) in [5.74, 6) is 0.695. The van der Waals surface area contributed by atoms with Gasteiger partial charge in [-0.1, -0.05) is 42.8 Å². The summed E-state index contributed by atoms with van der Waals surface area (Å²) in [7, 11) is 0. The highest BCUT2D eigenvalue weighted by molar-refractivity contribution is 5.88. The van der Waals surface area contributed by atoms with Crippen molar-refractivity contribution in [1.82, 2.24) is 9.88 Å². The van der Waals surface area contributed by atoms with Crippen LogP contribution in [0.25, 0.3) is 0 Å². The Balaban J connectivity index is 1.50. The molecule has 1 atom stereocenters. The average molecular weight is 408 g/mol. The van der Waals surface area contributed by atoms with Crippen molar-refractivity contribution in [3.05, 3.63) is 59.8 Å². The second-order valence-corrected chi connectivity index (χ2v) is 9.50. The lowest BCUT2D eigenvalue weighted by atomic mass is 9.95. The van der Waals surface area contributed by atoms with Crippen molar-refractivity contribution < 1.29 is 9.53 Å². The summed E-state index contributed by atoms with van der Waals surface area (Å²) in [5.41, 5.74) is 2.07. The van der Waals surface area contributed by atoms with Gasteiger partial charge < -0.3 is 4.74 Å². The van der Waals surface area contributed by atoms with E-state index in [1.807, 2.05) is 33.0 Å². The summed E-state index contributed by atoms with van der Waals surface area (Å²) in [6, 6.07) is 15.4. The molecule has 1 aromatic carbocycles. The van der Waals surface area contributed by atoms with E-state index < -0.39 is 5.60 Å². The quantitative estimate of drug-likeness (QED) is 0.637. The molecule has 2 aromatic rings. The third-order valence-corrected chi connectivity index (χ3v) is 5.75. The van der Waals surface area contributed by atoms with Crippen LogP contribution in [0.4, 0.5) is 10.6 Å². The minimum atomic E-state index is -0.510. The molecule has 2 heterocycles. The molecule has 1 saturated carbocycles. The highest BCUT2D eigenvalue weighted by atomic mass is 16.6. The van der Waals surface area contributed by atoms with Crippen LogP contribution in [0.5, 0.6) is 0 Å². The molecule has 4 rings (SSSR count). The lowest BCUT2D eigenvalue weighted by molar-refractivity contribution is 0.0576. The van der Waals surface area contributed by atoms with Crippen LogP contribution < -0.4 is 4.90 Å². The highest BCUT2D eigenvalue weighted by Gasteiger charge is 2.37. The third-order valence-electron chi connectivity index (χ3n) is 5.75. The first-order valence-electron chi connectivity index (χ1n) is 11.2. The number of piperidine rings is 1. The number of hydrogen-bond acceptors (Lipinski definition) is 4. The van der Waals surface area contributed by atoms with Crippen molar-refractivity contribution in [2.75, 3.05) is 11.4 Å². The Bertz CT molecular complexity index is 841. The molecule has 2 aliphatic rings. The van der Waals surface area contributed by atoms with E-state index in [1.165, 1.54) is 24.0 Å². The Kier molecular flexibility index (Phi) is 6.09. The van der Waals surface area contributed by atoms with Crippen molar-refractivity contribution in [3.8, 4) is 0 Å². The maximum Gasteiger partial charge on any atom is 0.416 e. The van der Waals surface area contributed by atoms with Crippen molar-refractivity contribution in [2.24, 2.45) is 0 Å². The number of benzene rings is 1. The van der Waals surface area contributed by atoms with Crippen LogP contribution in [-0.4, -0.2) is 34.2 Å². The number of carbonyl (C=O) groups excluding carboxylic acids is 1. The Labute approximate surface area is 180 Å². The number of rotatable bonds is 5. The van der Waals surface area contributed by atoms with E-state index in [2.05, 4.69) is 41.3 Å². The molecule has 0 spiro atoms. The zero-order valence-electron chi connectivity index (χ0n) is 18.4. The third kappa shape index (κ3) is 5.20. The number of anilines is 1. The standard InChI is InChI=1S/C25H33N3O2/c1-25(2,3)30-24(29)28(21-13-14-21)23-15-12-20(17-26-23)22-11-7-8-16-27(22)18-19-9-5-4-6-10-19/h4-6,9-10,12,15,17,21-22H,7-8,11,13-14,16,18H2,1-3H3. The van der Waals surface area contributed by atoms with Gasteiger partial charge in [-0.3, -0.25) is 9.80 Å². The maximum absolute atomic E-state index is 12.7. The van der Waals surface area contributed by atoms with Crippen LogP contribution in [0.1, 0.15) is 70.0 Å². The predicted molar refractivity (Wildman–Crippen MR) is 119 cm³/mol. The van der Waals surface area contributed by atoms with E-state index in [9.17, 15) is 4.79 Å². The van der Waals surface area contributed by atoms with E-state index in [0.29, 0.717) is 11.9 Å². The van der Waals surface area contributed by atoms with Crippen molar-refractivity contribution >= 4 is 11.9 Å². The van der Waals surface area contributed by atoms with Gasteiger partial charge in [0.15, 0.2) is 0 Å². The summed E-state index contributed by atoms with van der Waals surface area (Å²) in [5, 5.41) is 0. The Morgan fingerprint density at radius 3 is 2.50 bits per heavy atom. The number of hydrogen-bond donors (Lipinski definition) is 0. The number of pyridine rings is 1. The van der Waals surface area contributed by atoms with Crippen LogP contribution in [0.2, 0.25) is 0 Å². The molecule has 1 aliphatic heterocycles. The van der Waals surface area contributed by atoms with Crippen LogP contribution in [0, 0.1) is 0 Å². The number of ether oxygens (including phenoxy) is 1. The lowest BCUT2D eigenvalue weighted by Crippen LogP contribution is -2.39. The second kappa shape index (κ2) is 8.76. The Morgan fingerprint density at radius 2 is 1.87 bits per heavy atom. The van der Waals surface area contributed by atoms with Gasteiger partial charge in [-0.2, -0.15) is 0 Å². The molecule has 5 nitrogen and oxygen atoms in total. The van der Waals surface area contributed by atoms with Gasteiger partial charge in [-0.05, 0) is 70.2 Å². The van der Waals surface area contributed by atoms with Crippen LogP contribution in [0.3, 0.4) is 0 Å². The molecule has 0 N–H and O–H groups in total. The molecule has 1 aliphatic carbocycles. The largest absolute Gasteiger partial charge is 0.443 e. The molecule has 0 bridgehead atoms. The van der Waals surface area contributed by atoms with Gasteiger partial charge in [-0.15, -0.1) is 0 Å². The number of carbonyl (C=O) groups is 1. The molecular formula is C25H33N3O2. The highest BCUT2D eigenvalue weighted by Crippen LogP contribution is 2.35. The molecule has 1 amide bonds. The molecule has 1 aromatic heterocycles. The molecule has 1 saturated heterocycles. The normalized spacial score (nSPS) is 20.0. The van der Waals surface area contributed by atoms with Crippen LogP contribution in [-0.2, 0) is 11.3 Å². The van der Waals surface area contributed by atoms with Gasteiger partial charge in [0.2, 0.25) is 0 Å². The molecule has 1 unspecified atom stereocenters. The van der Waals surface area contributed by atoms with E-state index in [-0.39, 0.29) is 12.1 Å². The zero-order valence-corrected chi connectivity index (χ0v) is 18.4. The molecule has 160 valence electrons. The second-order valence-electron chi connectivity index (χ2n) is 9.50. The van der Waals surface area contributed by atoms with Crippen molar-refractivity contribution in [1.29, 1.82) is 0 Å². The number of amides is 1. The molecule has 0 radical (unpaired) electrons. The number of nitrogens with zero attached hydrogens (tertiary/aromatic N) is 3. The van der Waals surface area contributed by atoms with Gasteiger partial charge in [0.25, 0.3) is 0 Å². The lowest BCUT2D eigenvalue weighted by Gasteiger charge is -2.36. The number of likely N-dealkylation sites (tertiary alicyclic amines) is 1. The molecule has 2 fully saturated rings. The minimum absolute atomic E-state index is 0.211. The summed E-state index contributed by atoms with van der Waals surface area (Å²) in [6.07, 6.45) is 7.31. The van der Waals surface area contributed by atoms with E-state index in [0.717, 1.165) is 32.4 Å². The van der Waals surface area contributed by atoms with E-state index >= 15 is 0 Å². The van der Waals surface area contributed by atoms with Gasteiger partial charge >= 0.3 is 6.09 Å². The SMILES string of the molecule is CC(C)(C)OC(=O)N(c1ccc(C2CCCCN2Cc2ccccc2)cn1)C1CC1. The average Bonchev–Trinajstić information content (AvgIpc) is 3.54. The fourth-order valence-corrected chi connectivity index (χ4v) is 4.19. The smallest absolute Gasteiger partial charge is 0.416 e.